The van der Waals surface area contributed by atoms with Gasteiger partial charge in [0, 0.05) is 39.2 Å². The Labute approximate surface area is 208 Å². The first-order valence-corrected chi connectivity index (χ1v) is 12.2. The fourth-order valence-electron chi connectivity index (χ4n) is 4.19. The van der Waals surface area contributed by atoms with Crippen molar-refractivity contribution in [2.45, 2.75) is 31.5 Å². The minimum atomic E-state index is -0.661. The van der Waals surface area contributed by atoms with E-state index in [1.165, 1.54) is 0 Å². The Morgan fingerprint density at radius 3 is 2.81 bits per heavy atom. The van der Waals surface area contributed by atoms with Crippen molar-refractivity contribution in [1.82, 2.24) is 20.5 Å². The normalized spacial score (nSPS) is 16.8. The highest BCUT2D eigenvalue weighted by atomic mass is 16.5. The second-order valence-electron chi connectivity index (χ2n) is 8.68. The van der Waals surface area contributed by atoms with Crippen LogP contribution >= 0.6 is 0 Å². The van der Waals surface area contributed by atoms with Crippen LogP contribution in [0.5, 0.6) is 0 Å². The summed E-state index contributed by atoms with van der Waals surface area (Å²) in [4.78, 5) is 24.8. The minimum Gasteiger partial charge on any atom is -0.408 e. The van der Waals surface area contributed by atoms with Gasteiger partial charge in [-0.05, 0) is 41.8 Å². The molecule has 0 saturated carbocycles. The first kappa shape index (κ1) is 25.6. The average Bonchev–Trinajstić information content (AvgIpc) is 3.05. The third-order valence-corrected chi connectivity index (χ3v) is 6.11. The zero-order valence-corrected chi connectivity index (χ0v) is 20.0. The van der Waals surface area contributed by atoms with E-state index in [4.69, 9.17) is 14.3 Å². The van der Waals surface area contributed by atoms with Crippen molar-refractivity contribution in [1.29, 1.82) is 5.26 Å². The Hall–Kier alpha value is -3.49. The van der Waals surface area contributed by atoms with Crippen LogP contribution < -0.4 is 21.7 Å². The lowest BCUT2D eigenvalue weighted by Gasteiger charge is -2.18. The predicted octanol–water partition coefficient (Wildman–Crippen LogP) is 0.773. The molecule has 1 saturated heterocycles. The molecule has 2 heterocycles. The van der Waals surface area contributed by atoms with Crippen LogP contribution in [0.25, 0.3) is 22.2 Å². The summed E-state index contributed by atoms with van der Waals surface area (Å²) in [5, 5.41) is 27.5. The number of nitriles is 1. The SMILES string of the molecule is N#C[C@H](Cc1ccc(-c2ccc3oc(=O)n(CCNCCO)c3c2)cc1)NC(=O)[C@@H]1CNCCCO1. The Bertz CT molecular complexity index is 1250. The Morgan fingerprint density at radius 2 is 2.03 bits per heavy atom. The van der Waals surface area contributed by atoms with Crippen molar-refractivity contribution in [2.24, 2.45) is 0 Å². The highest BCUT2D eigenvalue weighted by Gasteiger charge is 2.23. The van der Waals surface area contributed by atoms with E-state index in [2.05, 4.69) is 22.0 Å². The quantitative estimate of drug-likeness (QED) is 0.304. The number of rotatable bonds is 10. The number of hydrogen-bond acceptors (Lipinski definition) is 8. The molecular weight excluding hydrogens is 462 g/mol. The number of ether oxygens (including phenoxy) is 1. The van der Waals surface area contributed by atoms with Crippen LogP contribution in [-0.4, -0.2) is 67.1 Å². The van der Waals surface area contributed by atoms with Crippen LogP contribution in [0, 0.1) is 11.3 Å². The maximum absolute atomic E-state index is 12.5. The smallest absolute Gasteiger partial charge is 0.408 e. The average molecular weight is 494 g/mol. The van der Waals surface area contributed by atoms with Crippen molar-refractivity contribution in [3.05, 3.63) is 58.6 Å². The monoisotopic (exact) mass is 493 g/mol. The number of amides is 1. The van der Waals surface area contributed by atoms with Gasteiger partial charge < -0.3 is 30.2 Å². The molecule has 4 rings (SSSR count). The maximum Gasteiger partial charge on any atom is 0.419 e. The van der Waals surface area contributed by atoms with E-state index in [1.54, 1.807) is 10.6 Å². The number of benzene rings is 2. The highest BCUT2D eigenvalue weighted by Crippen LogP contribution is 2.25. The fourth-order valence-corrected chi connectivity index (χ4v) is 4.19. The molecular formula is C26H31N5O5. The second-order valence-corrected chi connectivity index (χ2v) is 8.68. The van der Waals surface area contributed by atoms with Crippen molar-refractivity contribution in [3.63, 3.8) is 0 Å². The lowest BCUT2D eigenvalue weighted by Crippen LogP contribution is -2.46. The van der Waals surface area contributed by atoms with E-state index < -0.39 is 17.9 Å². The van der Waals surface area contributed by atoms with E-state index in [0.717, 1.165) is 29.7 Å². The van der Waals surface area contributed by atoms with Crippen molar-refractivity contribution in [2.75, 3.05) is 39.4 Å². The summed E-state index contributed by atoms with van der Waals surface area (Å²) in [5.74, 6) is -0.698. The van der Waals surface area contributed by atoms with Gasteiger partial charge >= 0.3 is 5.76 Å². The molecule has 1 fully saturated rings. The first-order valence-electron chi connectivity index (χ1n) is 12.2. The summed E-state index contributed by atoms with van der Waals surface area (Å²) in [6, 6.07) is 14.9. The van der Waals surface area contributed by atoms with Gasteiger partial charge in [-0.3, -0.25) is 9.36 Å². The van der Waals surface area contributed by atoms with Gasteiger partial charge in [-0.25, -0.2) is 4.79 Å². The van der Waals surface area contributed by atoms with Gasteiger partial charge in [-0.1, -0.05) is 30.3 Å². The zero-order valence-electron chi connectivity index (χ0n) is 20.0. The number of fused-ring (bicyclic) bond motifs is 1. The molecule has 1 aromatic heterocycles. The number of nitrogens with zero attached hydrogens (tertiary/aromatic N) is 2. The first-order chi connectivity index (χ1) is 17.6. The molecule has 0 aliphatic carbocycles. The molecule has 1 aliphatic rings. The van der Waals surface area contributed by atoms with Gasteiger partial charge in [0.15, 0.2) is 5.58 Å². The summed E-state index contributed by atoms with van der Waals surface area (Å²) in [7, 11) is 0. The Balaban J connectivity index is 1.43. The summed E-state index contributed by atoms with van der Waals surface area (Å²) < 4.78 is 12.5. The van der Waals surface area contributed by atoms with Gasteiger partial charge in [0.05, 0.1) is 18.2 Å². The number of oxazole rings is 1. The molecule has 1 aliphatic heterocycles. The number of carbonyl (C=O) groups excluding carboxylic acids is 1. The molecule has 190 valence electrons. The van der Waals surface area contributed by atoms with Crippen LogP contribution in [0.3, 0.4) is 0 Å². The number of carbonyl (C=O) groups is 1. The second kappa shape index (κ2) is 12.5. The van der Waals surface area contributed by atoms with Gasteiger partial charge in [0.1, 0.15) is 12.1 Å². The maximum atomic E-state index is 12.5. The summed E-state index contributed by atoms with van der Waals surface area (Å²) in [6.07, 6.45) is 0.640. The topological polar surface area (TPSA) is 142 Å². The van der Waals surface area contributed by atoms with Crippen LogP contribution in [0.1, 0.15) is 12.0 Å². The lowest BCUT2D eigenvalue weighted by molar-refractivity contribution is -0.132. The summed E-state index contributed by atoms with van der Waals surface area (Å²) in [5.41, 5.74) is 4.02. The minimum absolute atomic E-state index is 0.0368. The van der Waals surface area contributed by atoms with Crippen LogP contribution in [0.2, 0.25) is 0 Å². The molecule has 0 radical (unpaired) electrons. The van der Waals surface area contributed by atoms with E-state index in [0.29, 0.717) is 50.3 Å². The molecule has 10 heteroatoms. The van der Waals surface area contributed by atoms with Crippen molar-refractivity contribution < 1.29 is 19.1 Å². The fraction of sp³-hybridized carbons (Fsp3) is 0.423. The molecule has 0 bridgehead atoms. The van der Waals surface area contributed by atoms with Gasteiger partial charge in [0.2, 0.25) is 0 Å². The van der Waals surface area contributed by atoms with E-state index in [1.807, 2.05) is 36.4 Å². The number of aliphatic hydroxyl groups is 1. The van der Waals surface area contributed by atoms with Gasteiger partial charge in [-0.15, -0.1) is 0 Å². The third kappa shape index (κ3) is 6.38. The van der Waals surface area contributed by atoms with Crippen molar-refractivity contribution >= 4 is 17.0 Å². The highest BCUT2D eigenvalue weighted by molar-refractivity contribution is 5.82. The third-order valence-electron chi connectivity index (χ3n) is 6.11. The van der Waals surface area contributed by atoms with E-state index in [-0.39, 0.29) is 12.5 Å². The molecule has 4 N–H and O–H groups in total. The molecule has 36 heavy (non-hydrogen) atoms. The number of nitrogens with one attached hydrogen (secondary N) is 3. The molecule has 10 nitrogen and oxygen atoms in total. The van der Waals surface area contributed by atoms with E-state index >= 15 is 0 Å². The standard InChI is InChI=1S/C26H31N5O5/c27-16-21(30-25(33)24-17-29-8-1-13-35-24)14-18-2-4-19(5-3-18)20-6-7-23-22(15-20)31(26(34)36-23)11-9-28-10-12-32/h2-7,15,21,24,28-29,32H,1,8-14,17H2,(H,30,33)/t21-,24-/m0/s1. The lowest BCUT2D eigenvalue weighted by atomic mass is 10.0. The Kier molecular flexibility index (Phi) is 8.86. The molecule has 2 atom stereocenters. The number of aromatic nitrogens is 1. The molecule has 1 amide bonds. The largest absolute Gasteiger partial charge is 0.419 e. The predicted molar refractivity (Wildman–Crippen MR) is 134 cm³/mol. The van der Waals surface area contributed by atoms with Crippen LogP contribution in [0.4, 0.5) is 0 Å². The van der Waals surface area contributed by atoms with Gasteiger partial charge in [0.25, 0.3) is 5.91 Å². The summed E-state index contributed by atoms with van der Waals surface area (Å²) in [6.45, 7) is 3.23. The van der Waals surface area contributed by atoms with Crippen LogP contribution in [-0.2, 0) is 22.5 Å². The van der Waals surface area contributed by atoms with Crippen LogP contribution in [0.15, 0.2) is 51.7 Å². The number of hydrogen-bond donors (Lipinski definition) is 4. The summed E-state index contributed by atoms with van der Waals surface area (Å²) >= 11 is 0. The van der Waals surface area contributed by atoms with Crippen molar-refractivity contribution in [3.8, 4) is 17.2 Å². The molecule has 3 aromatic rings. The molecule has 2 aromatic carbocycles. The van der Waals surface area contributed by atoms with E-state index in [9.17, 15) is 14.9 Å². The van der Waals surface area contributed by atoms with Gasteiger partial charge in [-0.2, -0.15) is 5.26 Å². The molecule has 0 unspecified atom stereocenters. The zero-order chi connectivity index (χ0) is 25.3. The Morgan fingerprint density at radius 1 is 1.22 bits per heavy atom. The molecule has 0 spiro atoms. The number of aliphatic hydroxyl groups excluding tert-OH is 1.